The lowest BCUT2D eigenvalue weighted by molar-refractivity contribution is -0.384. The van der Waals surface area contributed by atoms with Crippen molar-refractivity contribution < 1.29 is 9.72 Å². The molecule has 0 saturated heterocycles. The quantitative estimate of drug-likeness (QED) is 0.367. The number of allylic oxidation sites excluding steroid dienone is 1. The molecule has 1 aromatic heterocycles. The Morgan fingerprint density at radius 2 is 2.11 bits per heavy atom. The number of hydrogen-bond acceptors (Lipinski definition) is 4. The van der Waals surface area contributed by atoms with E-state index >= 15 is 0 Å². The maximum atomic E-state index is 11.8. The maximum absolute atomic E-state index is 11.8. The highest BCUT2D eigenvalue weighted by Gasteiger charge is 2.06. The lowest BCUT2D eigenvalue weighted by Crippen LogP contribution is -1.90. The van der Waals surface area contributed by atoms with Gasteiger partial charge in [-0.3, -0.25) is 14.9 Å². The number of benzene rings is 1. The number of nitro groups is 1. The minimum absolute atomic E-state index is 0.00577. The van der Waals surface area contributed by atoms with E-state index in [1.165, 1.54) is 29.5 Å². The molecular formula is C13H8ClNO3S. The summed E-state index contributed by atoms with van der Waals surface area (Å²) in [6.07, 6.45) is 2.92. The van der Waals surface area contributed by atoms with Gasteiger partial charge < -0.3 is 0 Å². The molecule has 19 heavy (non-hydrogen) atoms. The number of nitro benzene ring substituents is 1. The van der Waals surface area contributed by atoms with E-state index in [0.717, 1.165) is 0 Å². The molecule has 0 saturated carbocycles. The molecule has 0 unspecified atom stereocenters. The molecule has 0 aliphatic heterocycles. The summed E-state index contributed by atoms with van der Waals surface area (Å²) in [5.74, 6) is -0.177. The molecule has 0 bridgehead atoms. The second kappa shape index (κ2) is 5.77. The summed E-state index contributed by atoms with van der Waals surface area (Å²) in [6.45, 7) is 0. The number of carbonyl (C=O) groups is 1. The van der Waals surface area contributed by atoms with Gasteiger partial charge in [0.15, 0.2) is 5.78 Å². The van der Waals surface area contributed by atoms with Crippen molar-refractivity contribution in [3.63, 3.8) is 0 Å². The largest absolute Gasteiger partial charge is 0.288 e. The molecule has 4 nitrogen and oxygen atoms in total. The molecule has 96 valence electrons. The summed E-state index contributed by atoms with van der Waals surface area (Å²) in [5.41, 5.74) is 0.596. The van der Waals surface area contributed by atoms with E-state index in [4.69, 9.17) is 11.6 Å². The summed E-state index contributed by atoms with van der Waals surface area (Å²) >= 11 is 6.94. The number of thiophene rings is 1. The van der Waals surface area contributed by atoms with Crippen LogP contribution in [0.5, 0.6) is 0 Å². The zero-order chi connectivity index (χ0) is 13.8. The fraction of sp³-hybridized carbons (Fsp3) is 0. The fourth-order valence-electron chi connectivity index (χ4n) is 1.44. The van der Waals surface area contributed by atoms with Crippen LogP contribution >= 0.6 is 22.9 Å². The van der Waals surface area contributed by atoms with Gasteiger partial charge in [0.1, 0.15) is 0 Å². The number of non-ortho nitro benzene ring substituents is 1. The number of halogens is 1. The van der Waals surface area contributed by atoms with E-state index in [-0.39, 0.29) is 11.5 Å². The molecule has 1 aromatic carbocycles. The Balaban J connectivity index is 2.16. The third-order valence-corrected chi connectivity index (χ3v) is 3.57. The first kappa shape index (κ1) is 13.5. The van der Waals surface area contributed by atoms with Crippen molar-refractivity contribution in [2.75, 3.05) is 0 Å². The Labute approximate surface area is 118 Å². The summed E-state index contributed by atoms with van der Waals surface area (Å²) in [6, 6.07) is 9.37. The Kier molecular flexibility index (Phi) is 4.09. The molecule has 2 rings (SSSR count). The van der Waals surface area contributed by atoms with Gasteiger partial charge in [0, 0.05) is 12.1 Å². The smallest absolute Gasteiger partial charge is 0.270 e. The zero-order valence-electron chi connectivity index (χ0n) is 9.58. The molecule has 0 spiro atoms. The molecule has 0 radical (unpaired) electrons. The number of nitrogens with zero attached hydrogens (tertiary/aromatic N) is 1. The van der Waals surface area contributed by atoms with E-state index in [1.54, 1.807) is 30.3 Å². The third kappa shape index (κ3) is 3.49. The van der Waals surface area contributed by atoms with Crippen LogP contribution in [0.1, 0.15) is 15.2 Å². The Hall–Kier alpha value is -1.98. The van der Waals surface area contributed by atoms with E-state index in [0.29, 0.717) is 14.8 Å². The van der Waals surface area contributed by atoms with Crippen LogP contribution in [0.3, 0.4) is 0 Å². The van der Waals surface area contributed by atoms with Crippen LogP contribution in [-0.4, -0.2) is 10.7 Å². The van der Waals surface area contributed by atoms with Crippen LogP contribution in [0.25, 0.3) is 6.08 Å². The Morgan fingerprint density at radius 1 is 1.32 bits per heavy atom. The van der Waals surface area contributed by atoms with Crippen molar-refractivity contribution in [3.05, 3.63) is 67.4 Å². The van der Waals surface area contributed by atoms with Crippen molar-refractivity contribution in [2.24, 2.45) is 0 Å². The predicted molar refractivity (Wildman–Crippen MR) is 75.8 cm³/mol. The monoisotopic (exact) mass is 293 g/mol. The van der Waals surface area contributed by atoms with Crippen molar-refractivity contribution in [1.29, 1.82) is 0 Å². The average Bonchev–Trinajstić information content (AvgIpc) is 2.83. The molecule has 6 heteroatoms. The van der Waals surface area contributed by atoms with Gasteiger partial charge in [0.25, 0.3) is 5.69 Å². The highest BCUT2D eigenvalue weighted by Crippen LogP contribution is 2.22. The zero-order valence-corrected chi connectivity index (χ0v) is 11.1. The highest BCUT2D eigenvalue weighted by molar-refractivity contribution is 7.18. The van der Waals surface area contributed by atoms with Gasteiger partial charge in [0.2, 0.25) is 0 Å². The maximum Gasteiger partial charge on any atom is 0.270 e. The van der Waals surface area contributed by atoms with Crippen molar-refractivity contribution in [3.8, 4) is 0 Å². The highest BCUT2D eigenvalue weighted by atomic mass is 35.5. The number of ketones is 1. The second-order valence-corrected chi connectivity index (χ2v) is 5.37. The van der Waals surface area contributed by atoms with Crippen molar-refractivity contribution >= 4 is 40.5 Å². The Bertz CT molecular complexity index is 663. The minimum Gasteiger partial charge on any atom is -0.288 e. The first-order chi connectivity index (χ1) is 9.06. The van der Waals surface area contributed by atoms with Gasteiger partial charge in [0.05, 0.1) is 14.1 Å². The minimum atomic E-state index is -0.474. The van der Waals surface area contributed by atoms with Crippen LogP contribution in [0.2, 0.25) is 4.34 Å². The number of rotatable bonds is 4. The first-order valence-corrected chi connectivity index (χ1v) is 6.48. The van der Waals surface area contributed by atoms with Crippen LogP contribution < -0.4 is 0 Å². The third-order valence-electron chi connectivity index (χ3n) is 2.32. The molecular weight excluding hydrogens is 286 g/mol. The van der Waals surface area contributed by atoms with Gasteiger partial charge >= 0.3 is 0 Å². The molecule has 0 amide bonds. The topological polar surface area (TPSA) is 60.2 Å². The molecule has 1 heterocycles. The second-order valence-electron chi connectivity index (χ2n) is 3.65. The van der Waals surface area contributed by atoms with Crippen molar-refractivity contribution in [1.82, 2.24) is 0 Å². The fourth-order valence-corrected chi connectivity index (χ4v) is 2.41. The van der Waals surface area contributed by atoms with Gasteiger partial charge in [-0.1, -0.05) is 29.8 Å². The molecule has 0 atom stereocenters. The predicted octanol–water partition coefficient (Wildman–Crippen LogP) is 4.21. The van der Waals surface area contributed by atoms with Crippen molar-refractivity contribution in [2.45, 2.75) is 0 Å². The molecule has 2 aromatic rings. The SMILES string of the molecule is O=C(/C=C/c1cccc([N+](=O)[O-])c1)c1ccc(Cl)s1. The summed E-state index contributed by atoms with van der Waals surface area (Å²) in [7, 11) is 0. The van der Waals surface area contributed by atoms with E-state index in [2.05, 4.69) is 0 Å². The molecule has 0 aliphatic rings. The van der Waals surface area contributed by atoms with Crippen LogP contribution in [0.15, 0.2) is 42.5 Å². The van der Waals surface area contributed by atoms with Crippen LogP contribution in [0.4, 0.5) is 5.69 Å². The lowest BCUT2D eigenvalue weighted by atomic mass is 10.1. The summed E-state index contributed by atoms with van der Waals surface area (Å²) in [5, 5.41) is 10.6. The van der Waals surface area contributed by atoms with Gasteiger partial charge in [-0.15, -0.1) is 11.3 Å². The van der Waals surface area contributed by atoms with E-state index in [9.17, 15) is 14.9 Å². The van der Waals surface area contributed by atoms with Gasteiger partial charge in [-0.05, 0) is 23.8 Å². The standard InChI is InChI=1S/C13H8ClNO3S/c14-13-7-6-12(19-13)11(16)5-4-9-2-1-3-10(8-9)15(17)18/h1-8H/b5-4+. The molecule has 0 N–H and O–H groups in total. The summed E-state index contributed by atoms with van der Waals surface area (Å²) in [4.78, 5) is 22.5. The van der Waals surface area contributed by atoms with Crippen LogP contribution in [0, 0.1) is 10.1 Å². The summed E-state index contributed by atoms with van der Waals surface area (Å²) < 4.78 is 0.548. The van der Waals surface area contributed by atoms with Crippen LogP contribution in [-0.2, 0) is 0 Å². The normalized spacial score (nSPS) is 10.8. The Morgan fingerprint density at radius 3 is 2.74 bits per heavy atom. The average molecular weight is 294 g/mol. The van der Waals surface area contributed by atoms with E-state index < -0.39 is 4.92 Å². The number of hydrogen-bond donors (Lipinski definition) is 0. The van der Waals surface area contributed by atoms with Gasteiger partial charge in [-0.25, -0.2) is 0 Å². The molecule has 0 fully saturated rings. The van der Waals surface area contributed by atoms with Gasteiger partial charge in [-0.2, -0.15) is 0 Å². The lowest BCUT2D eigenvalue weighted by Gasteiger charge is -1.94. The molecule has 0 aliphatic carbocycles. The number of carbonyl (C=O) groups excluding carboxylic acids is 1. The first-order valence-electron chi connectivity index (χ1n) is 5.28. The van der Waals surface area contributed by atoms with E-state index in [1.807, 2.05) is 0 Å².